The number of carbonyl (C=O) groups is 1. The Labute approximate surface area is 129 Å². The van der Waals surface area contributed by atoms with Crippen molar-refractivity contribution in [2.24, 2.45) is 0 Å². The first-order valence-electron chi connectivity index (χ1n) is 5.46. The summed E-state index contributed by atoms with van der Waals surface area (Å²) in [6, 6.07) is 4.48. The maximum absolute atomic E-state index is 11.6. The van der Waals surface area contributed by atoms with Crippen LogP contribution in [0.25, 0.3) is 0 Å². The van der Waals surface area contributed by atoms with Gasteiger partial charge in [0.1, 0.15) is 11.5 Å². The summed E-state index contributed by atoms with van der Waals surface area (Å²) >= 11 is 17.5. The number of nitrogens with one attached hydrogen (secondary N) is 1. The van der Waals surface area contributed by atoms with E-state index in [2.05, 4.69) is 10.5 Å². The van der Waals surface area contributed by atoms with Gasteiger partial charge in [-0.15, -0.1) is 0 Å². The molecule has 0 fully saturated rings. The average Bonchev–Trinajstić information content (AvgIpc) is 2.77. The molecule has 106 valence electrons. The fourth-order valence-corrected chi connectivity index (χ4v) is 1.95. The zero-order valence-electron chi connectivity index (χ0n) is 10.2. The second-order valence-electron chi connectivity index (χ2n) is 3.86. The van der Waals surface area contributed by atoms with Crippen molar-refractivity contribution in [1.29, 1.82) is 0 Å². The number of halogens is 3. The molecule has 0 bridgehead atoms. The van der Waals surface area contributed by atoms with Gasteiger partial charge in [0.2, 0.25) is 0 Å². The molecule has 0 radical (unpaired) electrons. The molecule has 2 aromatic rings. The Kier molecular flexibility index (Phi) is 4.75. The summed E-state index contributed by atoms with van der Waals surface area (Å²) in [5, 5.41) is 7.00. The first-order valence-corrected chi connectivity index (χ1v) is 6.59. The zero-order chi connectivity index (χ0) is 14.7. The number of ether oxygens (including phenoxy) is 1. The Bertz CT molecular complexity index is 643. The predicted octanol–water partition coefficient (Wildman–Crippen LogP) is 3.96. The van der Waals surface area contributed by atoms with E-state index in [1.807, 2.05) is 0 Å². The summed E-state index contributed by atoms with van der Waals surface area (Å²) in [7, 11) is 0. The molecule has 2 rings (SSSR count). The monoisotopic (exact) mass is 334 g/mol. The van der Waals surface area contributed by atoms with Gasteiger partial charge in [0.15, 0.2) is 12.4 Å². The molecule has 0 saturated heterocycles. The fourth-order valence-electron chi connectivity index (χ4n) is 1.36. The van der Waals surface area contributed by atoms with Crippen molar-refractivity contribution in [2.45, 2.75) is 6.92 Å². The number of anilines is 1. The van der Waals surface area contributed by atoms with Crippen LogP contribution < -0.4 is 10.1 Å². The Morgan fingerprint density at radius 1 is 1.25 bits per heavy atom. The van der Waals surface area contributed by atoms with Crippen molar-refractivity contribution in [3.63, 3.8) is 0 Å². The standard InChI is InChI=1S/C12H9Cl3N2O3/c1-6-2-11(17-20-6)16-12(18)5-19-10-4-8(14)7(13)3-9(10)15/h2-4H,5H2,1H3,(H,16,17,18). The Morgan fingerprint density at radius 3 is 2.60 bits per heavy atom. The summed E-state index contributed by atoms with van der Waals surface area (Å²) in [6.07, 6.45) is 0. The molecule has 0 spiro atoms. The summed E-state index contributed by atoms with van der Waals surface area (Å²) in [5.41, 5.74) is 0. The zero-order valence-corrected chi connectivity index (χ0v) is 12.5. The third kappa shape index (κ3) is 3.79. The van der Waals surface area contributed by atoms with E-state index in [0.29, 0.717) is 21.6 Å². The molecular formula is C12H9Cl3N2O3. The Morgan fingerprint density at radius 2 is 1.95 bits per heavy atom. The predicted molar refractivity (Wildman–Crippen MR) is 76.8 cm³/mol. The van der Waals surface area contributed by atoms with Crippen LogP contribution >= 0.6 is 34.8 Å². The lowest BCUT2D eigenvalue weighted by Gasteiger charge is -2.08. The maximum atomic E-state index is 11.6. The van der Waals surface area contributed by atoms with E-state index in [-0.39, 0.29) is 17.4 Å². The van der Waals surface area contributed by atoms with Gasteiger partial charge in [-0.25, -0.2) is 0 Å². The van der Waals surface area contributed by atoms with Gasteiger partial charge >= 0.3 is 0 Å². The van der Waals surface area contributed by atoms with Crippen LogP contribution in [0.5, 0.6) is 5.75 Å². The third-order valence-electron chi connectivity index (χ3n) is 2.23. The van der Waals surface area contributed by atoms with Gasteiger partial charge < -0.3 is 14.6 Å². The van der Waals surface area contributed by atoms with Crippen LogP contribution in [0.15, 0.2) is 22.7 Å². The van der Waals surface area contributed by atoms with Gasteiger partial charge in [0, 0.05) is 12.1 Å². The summed E-state index contributed by atoms with van der Waals surface area (Å²) in [4.78, 5) is 11.6. The number of aryl methyl sites for hydroxylation is 1. The van der Waals surface area contributed by atoms with Crippen LogP contribution in [0.3, 0.4) is 0 Å². The molecule has 0 aliphatic rings. The minimum atomic E-state index is -0.402. The van der Waals surface area contributed by atoms with E-state index >= 15 is 0 Å². The number of hydrogen-bond donors (Lipinski definition) is 1. The minimum Gasteiger partial charge on any atom is -0.482 e. The number of rotatable bonds is 4. The highest BCUT2D eigenvalue weighted by molar-refractivity contribution is 6.43. The molecule has 1 N–H and O–H groups in total. The van der Waals surface area contributed by atoms with Crippen LogP contribution in [0.1, 0.15) is 5.76 Å². The molecule has 1 aromatic heterocycles. The van der Waals surface area contributed by atoms with Crippen molar-refractivity contribution >= 4 is 46.5 Å². The molecule has 0 saturated carbocycles. The van der Waals surface area contributed by atoms with Crippen molar-refractivity contribution in [3.8, 4) is 5.75 Å². The van der Waals surface area contributed by atoms with E-state index in [1.54, 1.807) is 13.0 Å². The number of nitrogens with zero attached hydrogens (tertiary/aromatic N) is 1. The summed E-state index contributed by atoms with van der Waals surface area (Å²) in [6.45, 7) is 1.47. The Balaban J connectivity index is 1.95. The lowest BCUT2D eigenvalue weighted by molar-refractivity contribution is -0.118. The topological polar surface area (TPSA) is 64.4 Å². The smallest absolute Gasteiger partial charge is 0.263 e. The maximum Gasteiger partial charge on any atom is 0.263 e. The summed E-state index contributed by atoms with van der Waals surface area (Å²) < 4.78 is 10.1. The van der Waals surface area contributed by atoms with Crippen LogP contribution in [0.4, 0.5) is 5.82 Å². The minimum absolute atomic E-state index is 0.246. The molecule has 0 unspecified atom stereocenters. The van der Waals surface area contributed by atoms with Crippen molar-refractivity contribution in [3.05, 3.63) is 39.0 Å². The molecule has 0 aliphatic carbocycles. The van der Waals surface area contributed by atoms with Gasteiger partial charge in [0.05, 0.1) is 15.1 Å². The van der Waals surface area contributed by atoms with Crippen LogP contribution in [-0.4, -0.2) is 17.7 Å². The molecule has 1 heterocycles. The number of amides is 1. The number of carbonyl (C=O) groups excluding carboxylic acids is 1. The average molecular weight is 336 g/mol. The van der Waals surface area contributed by atoms with E-state index in [9.17, 15) is 4.79 Å². The second-order valence-corrected chi connectivity index (χ2v) is 5.08. The first kappa shape index (κ1) is 15.0. The molecule has 8 heteroatoms. The van der Waals surface area contributed by atoms with Gasteiger partial charge in [-0.3, -0.25) is 4.79 Å². The van der Waals surface area contributed by atoms with Crippen LogP contribution in [0, 0.1) is 6.92 Å². The van der Waals surface area contributed by atoms with Gasteiger partial charge in [-0.05, 0) is 13.0 Å². The van der Waals surface area contributed by atoms with Crippen molar-refractivity contribution < 1.29 is 14.1 Å². The van der Waals surface area contributed by atoms with Crippen molar-refractivity contribution in [1.82, 2.24) is 5.16 Å². The highest BCUT2D eigenvalue weighted by Crippen LogP contribution is 2.33. The largest absolute Gasteiger partial charge is 0.482 e. The lowest BCUT2D eigenvalue weighted by atomic mass is 10.3. The molecule has 20 heavy (non-hydrogen) atoms. The Hall–Kier alpha value is -1.43. The lowest BCUT2D eigenvalue weighted by Crippen LogP contribution is -2.20. The van der Waals surface area contributed by atoms with Crippen LogP contribution in [0.2, 0.25) is 15.1 Å². The van der Waals surface area contributed by atoms with Gasteiger partial charge in [-0.1, -0.05) is 40.0 Å². The fraction of sp³-hybridized carbons (Fsp3) is 0.167. The van der Waals surface area contributed by atoms with E-state index < -0.39 is 5.91 Å². The van der Waals surface area contributed by atoms with Crippen LogP contribution in [-0.2, 0) is 4.79 Å². The molecule has 1 aromatic carbocycles. The molecule has 0 aliphatic heterocycles. The van der Waals surface area contributed by atoms with Gasteiger partial charge in [0.25, 0.3) is 5.91 Å². The molecule has 1 amide bonds. The van der Waals surface area contributed by atoms with E-state index in [0.717, 1.165) is 0 Å². The summed E-state index contributed by atoms with van der Waals surface area (Å²) in [5.74, 6) is 0.776. The molecular weight excluding hydrogens is 327 g/mol. The van der Waals surface area contributed by atoms with Gasteiger partial charge in [-0.2, -0.15) is 0 Å². The highest BCUT2D eigenvalue weighted by Gasteiger charge is 2.11. The van der Waals surface area contributed by atoms with Crippen molar-refractivity contribution in [2.75, 3.05) is 11.9 Å². The normalized spacial score (nSPS) is 10.4. The third-order valence-corrected chi connectivity index (χ3v) is 3.25. The molecule has 0 atom stereocenters. The highest BCUT2D eigenvalue weighted by atomic mass is 35.5. The van der Waals surface area contributed by atoms with E-state index in [1.165, 1.54) is 12.1 Å². The number of hydrogen-bond acceptors (Lipinski definition) is 4. The quantitative estimate of drug-likeness (QED) is 0.859. The van der Waals surface area contributed by atoms with E-state index in [4.69, 9.17) is 44.1 Å². The first-order chi connectivity index (χ1) is 9.45. The second kappa shape index (κ2) is 6.35. The SMILES string of the molecule is Cc1cc(NC(=O)COc2cc(Cl)c(Cl)cc2Cl)no1. The molecule has 5 nitrogen and oxygen atoms in total. The number of aromatic nitrogens is 1. The number of benzene rings is 1.